The number of nitrogens with one attached hydrogen (secondary N) is 1. The molecule has 17 heavy (non-hydrogen) atoms. The molecule has 3 rings (SSSR count). The monoisotopic (exact) mass is 253 g/mol. The van der Waals surface area contributed by atoms with Crippen LogP contribution in [0, 0.1) is 5.92 Å². The molecule has 92 valence electrons. The first-order valence-electron chi connectivity index (χ1n) is 6.11. The van der Waals surface area contributed by atoms with Gasteiger partial charge >= 0.3 is 0 Å². The summed E-state index contributed by atoms with van der Waals surface area (Å²) in [7, 11) is 0. The van der Waals surface area contributed by atoms with Gasteiger partial charge in [0.2, 0.25) is 0 Å². The van der Waals surface area contributed by atoms with Crippen molar-refractivity contribution in [3.63, 3.8) is 0 Å². The van der Waals surface area contributed by atoms with Gasteiger partial charge < -0.3 is 5.32 Å². The maximum absolute atomic E-state index is 12.2. The van der Waals surface area contributed by atoms with Crippen LogP contribution < -0.4 is 10.9 Å². The maximum atomic E-state index is 12.2. The van der Waals surface area contributed by atoms with Crippen LogP contribution in [-0.2, 0) is 6.54 Å². The van der Waals surface area contributed by atoms with Crippen LogP contribution >= 0.6 is 11.6 Å². The van der Waals surface area contributed by atoms with Crippen LogP contribution in [0.2, 0.25) is 5.02 Å². The molecule has 2 aliphatic rings. The van der Waals surface area contributed by atoms with E-state index < -0.39 is 0 Å². The van der Waals surface area contributed by atoms with Crippen molar-refractivity contribution in [3.8, 4) is 0 Å². The first kappa shape index (κ1) is 11.1. The van der Waals surface area contributed by atoms with Crippen LogP contribution in [0.25, 0.3) is 0 Å². The van der Waals surface area contributed by atoms with Crippen molar-refractivity contribution in [2.24, 2.45) is 5.92 Å². The second-order valence-electron chi connectivity index (χ2n) is 5.48. The van der Waals surface area contributed by atoms with E-state index in [4.69, 9.17) is 11.6 Å². The molecule has 0 atom stereocenters. The third-order valence-corrected chi connectivity index (χ3v) is 3.84. The SMILES string of the molecule is CC1(Nc2c(Cl)cnn(CC3CC3)c2=O)CC1. The molecular formula is C12H16ClN3O. The molecule has 0 spiro atoms. The van der Waals surface area contributed by atoms with E-state index in [0.717, 1.165) is 19.4 Å². The van der Waals surface area contributed by atoms with Crippen molar-refractivity contribution in [1.82, 2.24) is 9.78 Å². The molecule has 2 aliphatic carbocycles. The second kappa shape index (κ2) is 3.73. The Kier molecular flexibility index (Phi) is 2.43. The lowest BCUT2D eigenvalue weighted by Gasteiger charge is -2.15. The van der Waals surface area contributed by atoms with Crippen molar-refractivity contribution in [1.29, 1.82) is 0 Å². The number of nitrogens with zero attached hydrogens (tertiary/aromatic N) is 2. The van der Waals surface area contributed by atoms with Gasteiger partial charge in [-0.15, -0.1) is 0 Å². The van der Waals surface area contributed by atoms with Crippen molar-refractivity contribution in [2.75, 3.05) is 5.32 Å². The predicted octanol–water partition coefficient (Wildman–Crippen LogP) is 2.27. The maximum Gasteiger partial charge on any atom is 0.291 e. The number of hydrogen-bond donors (Lipinski definition) is 1. The van der Waals surface area contributed by atoms with Gasteiger partial charge in [0.15, 0.2) is 0 Å². The molecule has 0 radical (unpaired) electrons. The summed E-state index contributed by atoms with van der Waals surface area (Å²) in [5.41, 5.74) is 0.488. The van der Waals surface area contributed by atoms with Crippen molar-refractivity contribution < 1.29 is 0 Å². The normalized spacial score (nSPS) is 21.3. The summed E-state index contributed by atoms with van der Waals surface area (Å²) in [6.45, 7) is 2.83. The Labute approximate surface area is 105 Å². The number of rotatable bonds is 4. The van der Waals surface area contributed by atoms with Crippen LogP contribution in [0.4, 0.5) is 5.69 Å². The van der Waals surface area contributed by atoms with E-state index in [0.29, 0.717) is 16.6 Å². The number of anilines is 1. The van der Waals surface area contributed by atoms with Crippen LogP contribution in [0.15, 0.2) is 11.0 Å². The van der Waals surface area contributed by atoms with Crippen LogP contribution in [-0.4, -0.2) is 15.3 Å². The molecule has 0 saturated heterocycles. The van der Waals surface area contributed by atoms with E-state index in [1.807, 2.05) is 0 Å². The zero-order chi connectivity index (χ0) is 12.0. The molecule has 4 nitrogen and oxygen atoms in total. The van der Waals surface area contributed by atoms with E-state index in [-0.39, 0.29) is 11.1 Å². The van der Waals surface area contributed by atoms with Crippen LogP contribution in [0.5, 0.6) is 0 Å². The molecule has 0 unspecified atom stereocenters. The summed E-state index contributed by atoms with van der Waals surface area (Å²) < 4.78 is 1.54. The lowest BCUT2D eigenvalue weighted by atomic mass is 10.3. The minimum atomic E-state index is -0.0856. The quantitative estimate of drug-likeness (QED) is 0.896. The third-order valence-electron chi connectivity index (χ3n) is 3.55. The largest absolute Gasteiger partial charge is 0.374 e. The molecule has 2 fully saturated rings. The predicted molar refractivity (Wildman–Crippen MR) is 67.5 cm³/mol. The molecule has 0 aromatic carbocycles. The second-order valence-corrected chi connectivity index (χ2v) is 5.89. The topological polar surface area (TPSA) is 46.9 Å². The van der Waals surface area contributed by atoms with E-state index in [1.165, 1.54) is 17.5 Å². The van der Waals surface area contributed by atoms with E-state index in [2.05, 4.69) is 17.3 Å². The van der Waals surface area contributed by atoms with Gasteiger partial charge in [-0.25, -0.2) is 4.68 Å². The fraction of sp³-hybridized carbons (Fsp3) is 0.667. The minimum absolute atomic E-state index is 0.0571. The number of hydrogen-bond acceptors (Lipinski definition) is 3. The summed E-state index contributed by atoms with van der Waals surface area (Å²) in [5, 5.41) is 7.78. The average Bonchev–Trinajstić information content (AvgIpc) is 3.17. The van der Waals surface area contributed by atoms with Gasteiger partial charge in [0, 0.05) is 12.1 Å². The average molecular weight is 254 g/mol. The molecule has 1 aromatic rings. The highest BCUT2D eigenvalue weighted by Crippen LogP contribution is 2.38. The Balaban J connectivity index is 1.91. The zero-order valence-electron chi connectivity index (χ0n) is 9.87. The first-order valence-corrected chi connectivity index (χ1v) is 6.49. The molecule has 0 aliphatic heterocycles. The Morgan fingerprint density at radius 3 is 2.88 bits per heavy atom. The minimum Gasteiger partial charge on any atom is -0.374 e. The number of halogens is 1. The van der Waals surface area contributed by atoms with Gasteiger partial charge in [0.05, 0.1) is 11.2 Å². The van der Waals surface area contributed by atoms with Gasteiger partial charge in [0.1, 0.15) is 5.69 Å². The van der Waals surface area contributed by atoms with Crippen LogP contribution in [0.3, 0.4) is 0 Å². The highest BCUT2D eigenvalue weighted by Gasteiger charge is 2.38. The van der Waals surface area contributed by atoms with E-state index in [1.54, 1.807) is 6.20 Å². The van der Waals surface area contributed by atoms with Gasteiger partial charge in [-0.1, -0.05) is 11.6 Å². The zero-order valence-corrected chi connectivity index (χ0v) is 10.6. The van der Waals surface area contributed by atoms with Gasteiger partial charge in [-0.2, -0.15) is 5.10 Å². The third kappa shape index (κ3) is 2.32. The molecule has 5 heteroatoms. The Morgan fingerprint density at radius 2 is 2.29 bits per heavy atom. The van der Waals surface area contributed by atoms with Crippen molar-refractivity contribution in [3.05, 3.63) is 21.6 Å². The van der Waals surface area contributed by atoms with Crippen molar-refractivity contribution >= 4 is 17.3 Å². The summed E-state index contributed by atoms with van der Waals surface area (Å²) in [6.07, 6.45) is 6.16. The highest BCUT2D eigenvalue weighted by molar-refractivity contribution is 6.33. The van der Waals surface area contributed by atoms with Crippen LogP contribution in [0.1, 0.15) is 32.6 Å². The van der Waals surface area contributed by atoms with Gasteiger partial charge in [-0.3, -0.25) is 4.79 Å². The molecule has 0 bridgehead atoms. The summed E-state index contributed by atoms with van der Waals surface area (Å²) in [6, 6.07) is 0. The fourth-order valence-electron chi connectivity index (χ4n) is 1.87. The van der Waals surface area contributed by atoms with Crippen molar-refractivity contribution in [2.45, 2.75) is 44.7 Å². The summed E-state index contributed by atoms with van der Waals surface area (Å²) >= 11 is 6.05. The Hall–Kier alpha value is -1.03. The van der Waals surface area contributed by atoms with E-state index in [9.17, 15) is 4.79 Å². The van der Waals surface area contributed by atoms with Gasteiger partial charge in [0.25, 0.3) is 5.56 Å². The smallest absolute Gasteiger partial charge is 0.291 e. The lowest BCUT2D eigenvalue weighted by Crippen LogP contribution is -2.30. The summed E-state index contributed by atoms with van der Waals surface area (Å²) in [4.78, 5) is 12.2. The van der Waals surface area contributed by atoms with Gasteiger partial charge in [-0.05, 0) is 38.5 Å². The first-order chi connectivity index (χ1) is 8.07. The lowest BCUT2D eigenvalue weighted by molar-refractivity contribution is 0.534. The molecule has 1 aromatic heterocycles. The molecule has 2 saturated carbocycles. The molecule has 1 heterocycles. The standard InChI is InChI=1S/C12H16ClN3O/c1-12(4-5-12)15-10-9(13)6-14-16(11(10)17)7-8-2-3-8/h6,8,15H,2-5,7H2,1H3. The number of aromatic nitrogens is 2. The fourth-order valence-corrected chi connectivity index (χ4v) is 2.04. The molecule has 0 amide bonds. The highest BCUT2D eigenvalue weighted by atomic mass is 35.5. The summed E-state index contributed by atoms with van der Waals surface area (Å²) in [5.74, 6) is 0.630. The molecule has 1 N–H and O–H groups in total. The van der Waals surface area contributed by atoms with E-state index >= 15 is 0 Å². The molecular weight excluding hydrogens is 238 g/mol. The Bertz CT molecular complexity index is 503. The Morgan fingerprint density at radius 1 is 1.59 bits per heavy atom.